The zero-order valence-corrected chi connectivity index (χ0v) is 11.9. The fourth-order valence-corrected chi connectivity index (χ4v) is 4.42. The molecule has 3 rings (SSSR count). The highest BCUT2D eigenvalue weighted by Crippen LogP contribution is 2.27. The van der Waals surface area contributed by atoms with Crippen LogP contribution in [0.2, 0.25) is 0 Å². The first-order valence-electron chi connectivity index (χ1n) is 6.68. The van der Waals surface area contributed by atoms with Gasteiger partial charge in [0.15, 0.2) is 9.84 Å². The maximum Gasteiger partial charge on any atom is 0.151 e. The largest absolute Gasteiger partial charge is 0.508 e. The maximum atomic E-state index is 11.4. The topological polar surface area (TPSA) is 66.4 Å². The zero-order valence-electron chi connectivity index (χ0n) is 11.0. The van der Waals surface area contributed by atoms with E-state index in [0.717, 1.165) is 16.3 Å². The molecule has 0 saturated carbocycles. The Labute approximate surface area is 118 Å². The van der Waals surface area contributed by atoms with E-state index in [0.29, 0.717) is 13.0 Å². The first kappa shape index (κ1) is 13.4. The molecule has 0 aromatic heterocycles. The molecule has 1 aliphatic heterocycles. The predicted molar refractivity (Wildman–Crippen MR) is 79.5 cm³/mol. The predicted octanol–water partition coefficient (Wildman–Crippen LogP) is 1.82. The summed E-state index contributed by atoms with van der Waals surface area (Å²) in [6.07, 6.45) is 0.647. The molecule has 1 heterocycles. The van der Waals surface area contributed by atoms with Crippen molar-refractivity contribution >= 4 is 20.6 Å². The number of aromatic hydroxyl groups is 1. The number of phenolic OH excluding ortho intramolecular Hbond substituents is 1. The van der Waals surface area contributed by atoms with Gasteiger partial charge in [0.2, 0.25) is 0 Å². The Kier molecular flexibility index (Phi) is 3.40. The summed E-state index contributed by atoms with van der Waals surface area (Å²) in [7, 11) is -2.88. The van der Waals surface area contributed by atoms with Crippen LogP contribution in [0.25, 0.3) is 10.8 Å². The van der Waals surface area contributed by atoms with E-state index >= 15 is 0 Å². The van der Waals surface area contributed by atoms with Crippen molar-refractivity contribution in [3.05, 3.63) is 42.0 Å². The van der Waals surface area contributed by atoms with Crippen molar-refractivity contribution in [3.8, 4) is 5.75 Å². The second kappa shape index (κ2) is 5.07. The lowest BCUT2D eigenvalue weighted by atomic mass is 10.0. The Hall–Kier alpha value is -1.59. The highest BCUT2D eigenvalue weighted by Gasteiger charge is 2.27. The highest BCUT2D eigenvalue weighted by molar-refractivity contribution is 7.91. The van der Waals surface area contributed by atoms with Crippen molar-refractivity contribution in [1.29, 1.82) is 0 Å². The molecule has 5 heteroatoms. The lowest BCUT2D eigenvalue weighted by Gasteiger charge is -2.13. The minimum Gasteiger partial charge on any atom is -0.508 e. The van der Waals surface area contributed by atoms with Crippen molar-refractivity contribution in [1.82, 2.24) is 5.32 Å². The average molecular weight is 291 g/mol. The maximum absolute atomic E-state index is 11.4. The van der Waals surface area contributed by atoms with Crippen LogP contribution in [0.5, 0.6) is 5.75 Å². The van der Waals surface area contributed by atoms with Crippen LogP contribution < -0.4 is 5.32 Å². The van der Waals surface area contributed by atoms with Gasteiger partial charge in [-0.2, -0.15) is 0 Å². The number of hydrogen-bond acceptors (Lipinski definition) is 4. The van der Waals surface area contributed by atoms with Gasteiger partial charge in [0.25, 0.3) is 0 Å². The Bertz CT molecular complexity index is 740. The van der Waals surface area contributed by atoms with Crippen LogP contribution in [-0.2, 0) is 16.4 Å². The van der Waals surface area contributed by atoms with Gasteiger partial charge in [-0.15, -0.1) is 0 Å². The molecule has 1 fully saturated rings. The van der Waals surface area contributed by atoms with Gasteiger partial charge in [0.1, 0.15) is 5.75 Å². The SMILES string of the molecule is O=S1(=O)CCC(NCc2c(O)ccc3ccccc23)C1. The van der Waals surface area contributed by atoms with E-state index in [1.807, 2.05) is 30.3 Å². The standard InChI is InChI=1S/C15H17NO3S/c17-15-6-5-11-3-1-2-4-13(11)14(15)9-16-12-7-8-20(18,19)10-12/h1-6,12,16-17H,7-10H2. The van der Waals surface area contributed by atoms with Crippen LogP contribution in [0.4, 0.5) is 0 Å². The minimum absolute atomic E-state index is 0.0154. The third-order valence-electron chi connectivity index (χ3n) is 3.82. The first-order valence-corrected chi connectivity index (χ1v) is 8.51. The van der Waals surface area contributed by atoms with E-state index in [1.54, 1.807) is 6.07 Å². The summed E-state index contributed by atoms with van der Waals surface area (Å²) in [6.45, 7) is 0.480. The molecular weight excluding hydrogens is 274 g/mol. The van der Waals surface area contributed by atoms with E-state index in [9.17, 15) is 13.5 Å². The molecule has 0 amide bonds. The molecule has 1 unspecified atom stereocenters. The molecule has 2 N–H and O–H groups in total. The van der Waals surface area contributed by atoms with Crippen molar-refractivity contribution < 1.29 is 13.5 Å². The number of rotatable bonds is 3. The summed E-state index contributed by atoms with van der Waals surface area (Å²) in [5, 5.41) is 15.3. The number of benzene rings is 2. The number of hydrogen-bond donors (Lipinski definition) is 2. The highest BCUT2D eigenvalue weighted by atomic mass is 32.2. The third-order valence-corrected chi connectivity index (χ3v) is 5.58. The molecule has 20 heavy (non-hydrogen) atoms. The molecule has 2 aromatic carbocycles. The second-order valence-electron chi connectivity index (χ2n) is 5.27. The van der Waals surface area contributed by atoms with Crippen LogP contribution in [0.3, 0.4) is 0 Å². The molecule has 1 aliphatic rings. The van der Waals surface area contributed by atoms with Gasteiger partial charge >= 0.3 is 0 Å². The Balaban J connectivity index is 1.82. The molecule has 1 atom stereocenters. The van der Waals surface area contributed by atoms with Gasteiger partial charge in [-0.25, -0.2) is 8.42 Å². The fourth-order valence-electron chi connectivity index (χ4n) is 2.71. The number of fused-ring (bicyclic) bond motifs is 1. The van der Waals surface area contributed by atoms with E-state index in [-0.39, 0.29) is 23.3 Å². The summed E-state index contributed by atoms with van der Waals surface area (Å²) >= 11 is 0. The monoisotopic (exact) mass is 291 g/mol. The molecule has 0 radical (unpaired) electrons. The molecule has 2 aromatic rings. The van der Waals surface area contributed by atoms with Crippen LogP contribution in [0.1, 0.15) is 12.0 Å². The number of sulfone groups is 1. The summed E-state index contributed by atoms with van der Waals surface area (Å²) in [5.74, 6) is 0.696. The molecule has 0 bridgehead atoms. The lowest BCUT2D eigenvalue weighted by molar-refractivity contribution is 0.461. The van der Waals surface area contributed by atoms with Gasteiger partial charge < -0.3 is 10.4 Å². The van der Waals surface area contributed by atoms with Gasteiger partial charge in [-0.3, -0.25) is 0 Å². The molecule has 0 spiro atoms. The molecule has 106 valence electrons. The first-order chi connectivity index (χ1) is 9.55. The van der Waals surface area contributed by atoms with Crippen molar-refractivity contribution in [2.75, 3.05) is 11.5 Å². The quantitative estimate of drug-likeness (QED) is 0.905. The van der Waals surface area contributed by atoms with Gasteiger partial charge in [0, 0.05) is 18.2 Å². The summed E-state index contributed by atoms with van der Waals surface area (Å²) in [4.78, 5) is 0. The van der Waals surface area contributed by atoms with E-state index in [4.69, 9.17) is 0 Å². The normalized spacial score (nSPS) is 21.3. The van der Waals surface area contributed by atoms with Gasteiger partial charge in [-0.05, 0) is 23.3 Å². The second-order valence-corrected chi connectivity index (χ2v) is 7.49. The van der Waals surface area contributed by atoms with Gasteiger partial charge in [0.05, 0.1) is 11.5 Å². The number of nitrogens with one attached hydrogen (secondary N) is 1. The lowest BCUT2D eigenvalue weighted by Crippen LogP contribution is -2.29. The third kappa shape index (κ3) is 2.64. The molecular formula is C15H17NO3S. The van der Waals surface area contributed by atoms with E-state index in [2.05, 4.69) is 5.32 Å². The van der Waals surface area contributed by atoms with Crippen molar-refractivity contribution in [2.24, 2.45) is 0 Å². The van der Waals surface area contributed by atoms with Crippen molar-refractivity contribution in [2.45, 2.75) is 19.0 Å². The van der Waals surface area contributed by atoms with Crippen LogP contribution in [0.15, 0.2) is 36.4 Å². The molecule has 4 nitrogen and oxygen atoms in total. The Morgan fingerprint density at radius 2 is 2.00 bits per heavy atom. The van der Waals surface area contributed by atoms with Crippen LogP contribution in [-0.4, -0.2) is 31.1 Å². The van der Waals surface area contributed by atoms with E-state index in [1.165, 1.54) is 0 Å². The molecule has 1 saturated heterocycles. The summed E-state index contributed by atoms with van der Waals surface area (Å²) < 4.78 is 22.9. The fraction of sp³-hybridized carbons (Fsp3) is 0.333. The Morgan fingerprint density at radius 3 is 2.75 bits per heavy atom. The molecule has 0 aliphatic carbocycles. The van der Waals surface area contributed by atoms with E-state index < -0.39 is 9.84 Å². The zero-order chi connectivity index (χ0) is 14.2. The Morgan fingerprint density at radius 1 is 1.20 bits per heavy atom. The summed E-state index contributed by atoms with van der Waals surface area (Å²) in [6, 6.07) is 11.4. The van der Waals surface area contributed by atoms with Gasteiger partial charge in [-0.1, -0.05) is 30.3 Å². The van der Waals surface area contributed by atoms with Crippen molar-refractivity contribution in [3.63, 3.8) is 0 Å². The number of phenols is 1. The van der Waals surface area contributed by atoms with Crippen LogP contribution in [0, 0.1) is 0 Å². The average Bonchev–Trinajstić information content (AvgIpc) is 2.77. The minimum atomic E-state index is -2.88. The van der Waals surface area contributed by atoms with Crippen LogP contribution >= 0.6 is 0 Å². The summed E-state index contributed by atoms with van der Waals surface area (Å²) in [5.41, 5.74) is 0.826. The smallest absolute Gasteiger partial charge is 0.151 e.